The Morgan fingerprint density at radius 2 is 1.79 bits per heavy atom. The van der Waals surface area contributed by atoms with E-state index in [4.69, 9.17) is 10.8 Å². The first-order valence-corrected chi connectivity index (χ1v) is 11.5. The second kappa shape index (κ2) is 7.62. The monoisotopic (exact) mass is 438 g/mol. The summed E-state index contributed by atoms with van der Waals surface area (Å²) in [6.45, 7) is 4.05. The summed E-state index contributed by atoms with van der Waals surface area (Å²) < 4.78 is 1.64. The molecule has 2 aliphatic rings. The lowest BCUT2D eigenvalue weighted by molar-refractivity contribution is 0.0958. The Bertz CT molecular complexity index is 1410. The van der Waals surface area contributed by atoms with Crippen molar-refractivity contribution in [1.82, 2.24) is 19.7 Å². The van der Waals surface area contributed by atoms with Gasteiger partial charge in [-0.15, -0.1) is 0 Å². The molecule has 4 aromatic rings. The number of rotatable bonds is 3. The second-order valence-electron chi connectivity index (χ2n) is 8.96. The molecule has 4 heterocycles. The number of hydrogen-bond donors (Lipinski definition) is 2. The summed E-state index contributed by atoms with van der Waals surface area (Å²) in [6.07, 6.45) is 4.28. The minimum absolute atomic E-state index is 0.0824. The van der Waals surface area contributed by atoms with E-state index < -0.39 is 0 Å². The van der Waals surface area contributed by atoms with Crippen LogP contribution in [0.2, 0.25) is 0 Å². The molecule has 1 saturated heterocycles. The van der Waals surface area contributed by atoms with Gasteiger partial charge in [0.25, 0.3) is 5.91 Å². The van der Waals surface area contributed by atoms with Crippen molar-refractivity contribution in [2.45, 2.75) is 32.6 Å². The standard InChI is InChI=1S/C26H26N6O/c1-16-14-21-24(31-12-6-3-7-13-31)23(17-8-4-2-5-9-17)30-32(21)25(33)22(16)18-10-11-19-20(15-18)29-26(27)28-19/h2,4-5,8-11,15H,3,6-7,12-14H2,1H3,(H3,27,28,29). The molecule has 0 atom stereocenters. The number of aromatic amines is 1. The molecule has 2 aliphatic heterocycles. The molecule has 3 N–H and O–H groups in total. The third-order valence-corrected chi connectivity index (χ3v) is 6.73. The highest BCUT2D eigenvalue weighted by atomic mass is 16.2. The maximum atomic E-state index is 13.8. The van der Waals surface area contributed by atoms with Crippen molar-refractivity contribution in [1.29, 1.82) is 0 Å². The van der Waals surface area contributed by atoms with Crippen LogP contribution in [0.25, 0.3) is 27.9 Å². The number of benzene rings is 2. The third kappa shape index (κ3) is 3.23. The van der Waals surface area contributed by atoms with Crippen LogP contribution in [0.4, 0.5) is 11.6 Å². The number of imidazole rings is 1. The average molecular weight is 439 g/mol. The zero-order valence-electron chi connectivity index (χ0n) is 18.6. The summed E-state index contributed by atoms with van der Waals surface area (Å²) in [5.74, 6) is 0.289. The Hall–Kier alpha value is -3.87. The lowest BCUT2D eigenvalue weighted by atomic mass is 9.93. The maximum absolute atomic E-state index is 13.8. The molecule has 166 valence electrons. The van der Waals surface area contributed by atoms with E-state index in [1.54, 1.807) is 4.68 Å². The SMILES string of the molecule is CC1=C(c2ccc3nc(N)[nH]c3c2)C(=O)n2nc(-c3ccccc3)c(N3CCCCC3)c2C1. The van der Waals surface area contributed by atoms with Crippen LogP contribution in [0, 0.1) is 0 Å². The molecule has 0 unspecified atom stereocenters. The van der Waals surface area contributed by atoms with E-state index >= 15 is 0 Å². The highest BCUT2D eigenvalue weighted by Gasteiger charge is 2.33. The molecule has 0 spiro atoms. The summed E-state index contributed by atoms with van der Waals surface area (Å²) in [5.41, 5.74) is 14.1. The lowest BCUT2D eigenvalue weighted by Gasteiger charge is -2.30. The van der Waals surface area contributed by atoms with Crippen LogP contribution in [0.3, 0.4) is 0 Å². The van der Waals surface area contributed by atoms with Crippen molar-refractivity contribution in [3.63, 3.8) is 0 Å². The quantitative estimate of drug-likeness (QED) is 0.485. The minimum atomic E-state index is -0.0824. The Labute approximate surface area is 191 Å². The highest BCUT2D eigenvalue weighted by Crippen LogP contribution is 2.40. The summed E-state index contributed by atoms with van der Waals surface area (Å²) in [7, 11) is 0. The smallest absolute Gasteiger partial charge is 0.279 e. The van der Waals surface area contributed by atoms with Crippen LogP contribution < -0.4 is 10.6 Å². The number of nitrogens with two attached hydrogens (primary N) is 1. The Morgan fingerprint density at radius 3 is 2.58 bits per heavy atom. The van der Waals surface area contributed by atoms with Gasteiger partial charge in [-0.2, -0.15) is 9.78 Å². The minimum Gasteiger partial charge on any atom is -0.369 e. The van der Waals surface area contributed by atoms with Gasteiger partial charge in [-0.1, -0.05) is 42.0 Å². The number of hydrogen-bond acceptors (Lipinski definition) is 5. The van der Waals surface area contributed by atoms with Gasteiger partial charge in [0.15, 0.2) is 5.95 Å². The van der Waals surface area contributed by atoms with Gasteiger partial charge in [-0.3, -0.25) is 4.79 Å². The van der Waals surface area contributed by atoms with E-state index in [-0.39, 0.29) is 5.91 Å². The van der Waals surface area contributed by atoms with Gasteiger partial charge < -0.3 is 15.6 Å². The van der Waals surface area contributed by atoms with E-state index in [9.17, 15) is 4.79 Å². The second-order valence-corrected chi connectivity index (χ2v) is 8.96. The fraction of sp³-hybridized carbons (Fsp3) is 0.269. The summed E-state index contributed by atoms with van der Waals surface area (Å²) in [5, 5.41) is 4.90. The van der Waals surface area contributed by atoms with Gasteiger partial charge in [0, 0.05) is 30.6 Å². The molecule has 1 fully saturated rings. The van der Waals surface area contributed by atoms with Crippen molar-refractivity contribution < 1.29 is 4.79 Å². The average Bonchev–Trinajstić information content (AvgIpc) is 3.40. The van der Waals surface area contributed by atoms with Gasteiger partial charge >= 0.3 is 0 Å². The van der Waals surface area contributed by atoms with Crippen molar-refractivity contribution >= 4 is 34.1 Å². The van der Waals surface area contributed by atoms with Crippen LogP contribution in [-0.2, 0) is 6.42 Å². The number of piperidine rings is 1. The molecule has 2 aromatic heterocycles. The van der Waals surface area contributed by atoms with Gasteiger partial charge in [-0.25, -0.2) is 4.98 Å². The number of fused-ring (bicyclic) bond motifs is 2. The number of allylic oxidation sites excluding steroid dienone is 2. The molecule has 2 aromatic carbocycles. The molecule has 0 aliphatic carbocycles. The van der Waals surface area contributed by atoms with Crippen LogP contribution in [-0.4, -0.2) is 38.7 Å². The number of nitrogens with one attached hydrogen (secondary N) is 1. The zero-order chi connectivity index (χ0) is 22.5. The number of nitrogens with zero attached hydrogens (tertiary/aromatic N) is 4. The van der Waals surface area contributed by atoms with E-state index in [0.29, 0.717) is 17.9 Å². The molecule has 7 nitrogen and oxygen atoms in total. The van der Waals surface area contributed by atoms with Crippen molar-refractivity contribution in [2.75, 3.05) is 23.7 Å². The molecule has 7 heteroatoms. The largest absolute Gasteiger partial charge is 0.369 e. The number of H-pyrrole nitrogens is 1. The first kappa shape index (κ1) is 19.8. The van der Waals surface area contributed by atoms with Crippen LogP contribution in [0.15, 0.2) is 54.1 Å². The molecule has 0 saturated carbocycles. The third-order valence-electron chi connectivity index (χ3n) is 6.73. The fourth-order valence-electron chi connectivity index (χ4n) is 5.19. The summed E-state index contributed by atoms with van der Waals surface area (Å²) in [6, 6.07) is 16.0. The number of anilines is 2. The van der Waals surface area contributed by atoms with Crippen molar-refractivity contribution in [3.8, 4) is 11.3 Å². The van der Waals surface area contributed by atoms with E-state index in [0.717, 1.165) is 57.9 Å². The molecular weight excluding hydrogens is 412 g/mol. The number of carbonyl (C=O) groups is 1. The molecule has 0 amide bonds. The van der Waals surface area contributed by atoms with Crippen LogP contribution in [0.1, 0.15) is 42.2 Å². The van der Waals surface area contributed by atoms with E-state index in [1.807, 2.05) is 36.4 Å². The Kier molecular flexibility index (Phi) is 4.57. The Morgan fingerprint density at radius 1 is 1.00 bits per heavy atom. The summed E-state index contributed by atoms with van der Waals surface area (Å²) >= 11 is 0. The topological polar surface area (TPSA) is 92.8 Å². The van der Waals surface area contributed by atoms with E-state index in [2.05, 4.69) is 33.9 Å². The Balaban J connectivity index is 1.49. The molecule has 0 bridgehead atoms. The normalized spacial score (nSPS) is 16.5. The maximum Gasteiger partial charge on any atom is 0.279 e. The van der Waals surface area contributed by atoms with Crippen LogP contribution >= 0.6 is 0 Å². The first-order valence-electron chi connectivity index (χ1n) is 11.5. The molecule has 33 heavy (non-hydrogen) atoms. The highest BCUT2D eigenvalue weighted by molar-refractivity contribution is 6.23. The van der Waals surface area contributed by atoms with Crippen molar-refractivity contribution in [2.24, 2.45) is 0 Å². The van der Waals surface area contributed by atoms with Crippen molar-refractivity contribution in [3.05, 3.63) is 65.4 Å². The molecular formula is C26H26N6O. The molecule has 6 rings (SSSR count). The zero-order valence-corrected chi connectivity index (χ0v) is 18.6. The van der Waals surface area contributed by atoms with Crippen LogP contribution in [0.5, 0.6) is 0 Å². The van der Waals surface area contributed by atoms with Gasteiger partial charge in [0.1, 0.15) is 5.69 Å². The first-order chi connectivity index (χ1) is 16.1. The number of carbonyl (C=O) groups excluding carboxylic acids is 1. The number of aromatic nitrogens is 4. The summed E-state index contributed by atoms with van der Waals surface area (Å²) in [4.78, 5) is 23.6. The predicted octanol–water partition coefficient (Wildman–Crippen LogP) is 4.67. The van der Waals surface area contributed by atoms with Gasteiger partial charge in [0.05, 0.1) is 22.4 Å². The number of nitrogen functional groups attached to an aromatic ring is 1. The lowest BCUT2D eigenvalue weighted by Crippen LogP contribution is -2.31. The van der Waals surface area contributed by atoms with Gasteiger partial charge in [0.2, 0.25) is 0 Å². The predicted molar refractivity (Wildman–Crippen MR) is 131 cm³/mol. The van der Waals surface area contributed by atoms with Gasteiger partial charge in [-0.05, 0) is 43.9 Å². The van der Waals surface area contributed by atoms with E-state index in [1.165, 1.54) is 19.3 Å². The fourth-order valence-corrected chi connectivity index (χ4v) is 5.19. The molecule has 0 radical (unpaired) electrons.